The summed E-state index contributed by atoms with van der Waals surface area (Å²) in [6.07, 6.45) is 11.7. The van der Waals surface area contributed by atoms with Crippen LogP contribution in [0.5, 0.6) is 0 Å². The number of hydrogen-bond acceptors (Lipinski definition) is 3. The third kappa shape index (κ3) is 6.30. The molecule has 28 heavy (non-hydrogen) atoms. The Hall–Kier alpha value is -1.42. The largest absolute Gasteiger partial charge is 0.281 e. The van der Waals surface area contributed by atoms with Gasteiger partial charge in [0, 0.05) is 12.6 Å². The smallest absolute Gasteiger partial charge is 0.116 e. The lowest BCUT2D eigenvalue weighted by atomic mass is 9.96. The fourth-order valence-corrected chi connectivity index (χ4v) is 4.25. The van der Waals surface area contributed by atoms with Crippen LogP contribution in [0.3, 0.4) is 0 Å². The van der Waals surface area contributed by atoms with E-state index in [1.54, 1.807) is 0 Å². The second kappa shape index (κ2) is 12.2. The number of nitrogens with zero attached hydrogens (tertiary/aromatic N) is 4. The highest BCUT2D eigenvalue weighted by Gasteiger charge is 2.22. The summed E-state index contributed by atoms with van der Waals surface area (Å²) in [6, 6.07) is 7.03. The number of aromatic nitrogens is 3. The number of fused-ring (bicyclic) bond motifs is 1. The molecule has 158 valence electrons. The van der Waals surface area contributed by atoms with Gasteiger partial charge >= 0.3 is 0 Å². The van der Waals surface area contributed by atoms with E-state index >= 15 is 0 Å². The number of rotatable bonds is 14. The minimum absolute atomic E-state index is 0.631. The molecule has 4 nitrogen and oxygen atoms in total. The Kier molecular flexibility index (Phi) is 9.97. The van der Waals surface area contributed by atoms with Gasteiger partial charge in [0.25, 0.3) is 0 Å². The number of unbranched alkanes of at least 4 members (excludes halogenated alkanes) is 3. The van der Waals surface area contributed by atoms with Gasteiger partial charge < -0.3 is 0 Å². The van der Waals surface area contributed by atoms with Gasteiger partial charge in [-0.1, -0.05) is 83.6 Å². The molecule has 0 aliphatic carbocycles. The molecule has 2 aromatic rings. The van der Waals surface area contributed by atoms with Crippen molar-refractivity contribution in [3.8, 4) is 0 Å². The molecule has 0 aliphatic rings. The van der Waals surface area contributed by atoms with Gasteiger partial charge in [-0.3, -0.25) is 4.90 Å². The van der Waals surface area contributed by atoms with Crippen molar-refractivity contribution in [1.29, 1.82) is 0 Å². The lowest BCUT2D eigenvalue weighted by Gasteiger charge is -2.34. The van der Waals surface area contributed by atoms with E-state index in [1.807, 2.05) is 0 Å². The van der Waals surface area contributed by atoms with Crippen LogP contribution < -0.4 is 0 Å². The lowest BCUT2D eigenvalue weighted by Crippen LogP contribution is -2.40. The van der Waals surface area contributed by atoms with Crippen molar-refractivity contribution in [2.75, 3.05) is 6.54 Å². The van der Waals surface area contributed by atoms with E-state index in [-0.39, 0.29) is 0 Å². The van der Waals surface area contributed by atoms with E-state index in [4.69, 9.17) is 0 Å². The molecule has 2 rings (SSSR count). The fourth-order valence-electron chi connectivity index (χ4n) is 4.25. The first kappa shape index (κ1) is 22.9. The van der Waals surface area contributed by atoms with Crippen molar-refractivity contribution >= 4 is 11.0 Å². The van der Waals surface area contributed by atoms with Crippen LogP contribution in [0.15, 0.2) is 18.2 Å². The van der Waals surface area contributed by atoms with Crippen LogP contribution in [0.4, 0.5) is 0 Å². The predicted molar refractivity (Wildman–Crippen MR) is 120 cm³/mol. The van der Waals surface area contributed by atoms with Crippen molar-refractivity contribution in [2.24, 2.45) is 5.92 Å². The second-order valence-electron chi connectivity index (χ2n) is 8.42. The molecule has 0 saturated carbocycles. The number of hydrogen-bond donors (Lipinski definition) is 0. The van der Waals surface area contributed by atoms with Gasteiger partial charge in [0.15, 0.2) is 0 Å². The SMILES string of the molecule is CCCCC[C@H](CC)N(C[C@H](CC)CCCC)Cn1nnc2c(C)cccc21. The average molecular weight is 387 g/mol. The maximum Gasteiger partial charge on any atom is 0.116 e. The first-order valence-corrected chi connectivity index (χ1v) is 11.7. The van der Waals surface area contributed by atoms with Crippen molar-refractivity contribution in [2.45, 2.75) is 105 Å². The van der Waals surface area contributed by atoms with Crippen LogP contribution in [0.2, 0.25) is 0 Å². The van der Waals surface area contributed by atoms with E-state index in [9.17, 15) is 0 Å². The van der Waals surface area contributed by atoms with Crippen molar-refractivity contribution in [3.63, 3.8) is 0 Å². The first-order chi connectivity index (χ1) is 13.6. The Balaban J connectivity index is 2.21. The molecule has 0 aliphatic heterocycles. The van der Waals surface area contributed by atoms with E-state index < -0.39 is 0 Å². The highest BCUT2D eigenvalue weighted by atomic mass is 15.5. The Morgan fingerprint density at radius 3 is 2.43 bits per heavy atom. The Labute approximate surface area is 172 Å². The van der Waals surface area contributed by atoms with E-state index in [0.717, 1.165) is 23.6 Å². The van der Waals surface area contributed by atoms with Gasteiger partial charge in [-0.2, -0.15) is 0 Å². The molecule has 0 N–H and O–H groups in total. The molecule has 0 fully saturated rings. The maximum absolute atomic E-state index is 4.53. The summed E-state index contributed by atoms with van der Waals surface area (Å²) in [5, 5.41) is 9.00. The minimum Gasteiger partial charge on any atom is -0.281 e. The second-order valence-corrected chi connectivity index (χ2v) is 8.42. The molecule has 1 heterocycles. The average Bonchev–Trinajstić information content (AvgIpc) is 3.12. The molecule has 2 atom stereocenters. The molecular weight excluding hydrogens is 344 g/mol. The highest BCUT2D eigenvalue weighted by Crippen LogP contribution is 2.22. The van der Waals surface area contributed by atoms with E-state index in [2.05, 4.69) is 72.7 Å². The molecule has 0 amide bonds. The van der Waals surface area contributed by atoms with Gasteiger partial charge in [0.1, 0.15) is 5.52 Å². The van der Waals surface area contributed by atoms with Crippen molar-refractivity contribution < 1.29 is 0 Å². The predicted octanol–water partition coefficient (Wildman–Crippen LogP) is 6.57. The van der Waals surface area contributed by atoms with Crippen LogP contribution >= 0.6 is 0 Å². The Bertz CT molecular complexity index is 678. The summed E-state index contributed by atoms with van der Waals surface area (Å²) >= 11 is 0. The third-order valence-corrected chi connectivity index (χ3v) is 6.23. The zero-order valence-corrected chi connectivity index (χ0v) is 19.0. The molecular formula is C24H42N4. The maximum atomic E-state index is 4.53. The molecule has 4 heteroatoms. The molecule has 1 aromatic heterocycles. The van der Waals surface area contributed by atoms with E-state index in [1.165, 1.54) is 69.9 Å². The topological polar surface area (TPSA) is 34.0 Å². The third-order valence-electron chi connectivity index (χ3n) is 6.23. The van der Waals surface area contributed by atoms with Crippen molar-refractivity contribution in [3.05, 3.63) is 23.8 Å². The van der Waals surface area contributed by atoms with E-state index in [0.29, 0.717) is 6.04 Å². The van der Waals surface area contributed by atoms with Gasteiger partial charge in [-0.15, -0.1) is 5.10 Å². The lowest BCUT2D eigenvalue weighted by molar-refractivity contribution is 0.104. The summed E-state index contributed by atoms with van der Waals surface area (Å²) in [7, 11) is 0. The zero-order valence-electron chi connectivity index (χ0n) is 19.0. The molecule has 0 spiro atoms. The summed E-state index contributed by atoms with van der Waals surface area (Å²) in [4.78, 5) is 2.70. The number of aryl methyl sites for hydroxylation is 1. The van der Waals surface area contributed by atoms with Crippen LogP contribution in [-0.2, 0) is 6.67 Å². The normalized spacial score (nSPS) is 14.1. The summed E-state index contributed by atoms with van der Waals surface area (Å²) in [5.41, 5.74) is 3.41. The quantitative estimate of drug-likeness (QED) is 0.344. The summed E-state index contributed by atoms with van der Waals surface area (Å²) in [5.74, 6) is 0.775. The van der Waals surface area contributed by atoms with Gasteiger partial charge in [0.05, 0.1) is 12.2 Å². The summed E-state index contributed by atoms with van der Waals surface area (Å²) in [6.45, 7) is 13.4. The molecule has 0 radical (unpaired) electrons. The first-order valence-electron chi connectivity index (χ1n) is 11.7. The highest BCUT2D eigenvalue weighted by molar-refractivity contribution is 5.77. The standard InChI is InChI=1S/C24H42N4/c1-6-10-12-16-22(9-4)27(18-21(8-3)15-11-7-2)19-28-23-17-13-14-20(5)24(23)25-26-28/h13-14,17,21-22H,6-12,15-16,18-19H2,1-5H3/t21-,22+/m1/s1. The molecule has 0 bridgehead atoms. The molecule has 0 unspecified atom stereocenters. The summed E-state index contributed by atoms with van der Waals surface area (Å²) < 4.78 is 2.12. The van der Waals surface area contributed by atoms with Gasteiger partial charge in [-0.05, 0) is 43.7 Å². The fraction of sp³-hybridized carbons (Fsp3) is 0.750. The van der Waals surface area contributed by atoms with Gasteiger partial charge in [0.2, 0.25) is 0 Å². The Morgan fingerprint density at radius 2 is 1.75 bits per heavy atom. The van der Waals surface area contributed by atoms with Crippen LogP contribution in [0.1, 0.15) is 91.0 Å². The van der Waals surface area contributed by atoms with Crippen molar-refractivity contribution in [1.82, 2.24) is 19.9 Å². The minimum atomic E-state index is 0.631. The number of benzene rings is 1. The Morgan fingerprint density at radius 1 is 0.964 bits per heavy atom. The van der Waals surface area contributed by atoms with Crippen LogP contribution in [0, 0.1) is 12.8 Å². The van der Waals surface area contributed by atoms with Gasteiger partial charge in [-0.25, -0.2) is 4.68 Å². The van der Waals surface area contributed by atoms with Crippen LogP contribution in [0.25, 0.3) is 11.0 Å². The van der Waals surface area contributed by atoms with Crippen LogP contribution in [-0.4, -0.2) is 32.5 Å². The molecule has 0 saturated heterocycles. The monoisotopic (exact) mass is 386 g/mol. The zero-order chi connectivity index (χ0) is 20.4. The molecule has 1 aromatic carbocycles.